The molecule has 57 heavy (non-hydrogen) atoms. The smallest absolute Gasteiger partial charge is 0.250 e. The summed E-state index contributed by atoms with van der Waals surface area (Å²) in [6.07, 6.45) is 7.95. The lowest BCUT2D eigenvalue weighted by Gasteiger charge is -2.33. The van der Waals surface area contributed by atoms with Gasteiger partial charge < -0.3 is 30.0 Å². The van der Waals surface area contributed by atoms with E-state index in [1.54, 1.807) is 16.0 Å². The lowest BCUT2D eigenvalue weighted by atomic mass is 9.93. The second-order valence-electron chi connectivity index (χ2n) is 15.5. The van der Waals surface area contributed by atoms with Gasteiger partial charge in [0.25, 0.3) is 0 Å². The molecular weight excluding hydrogens is 727 g/mol. The lowest BCUT2D eigenvalue weighted by molar-refractivity contribution is -0.137. The molecule has 3 aliphatic rings. The highest BCUT2D eigenvalue weighted by atomic mass is 19.1. The molecule has 0 aliphatic carbocycles. The molecule has 5 heterocycles. The van der Waals surface area contributed by atoms with Crippen LogP contribution < -0.4 is 10.2 Å². The number of carbonyl (C=O) groups excluding carboxylic acids is 3. The lowest BCUT2D eigenvalue weighted by Crippen LogP contribution is -2.42. The molecule has 11 nitrogen and oxygen atoms in total. The van der Waals surface area contributed by atoms with Crippen molar-refractivity contribution in [1.29, 1.82) is 0 Å². The number of nitrogens with one attached hydrogen (secondary N) is 3. The molecule has 3 saturated heterocycles. The molecule has 2 aromatic heterocycles. The fourth-order valence-corrected chi connectivity index (χ4v) is 8.88. The Kier molecular flexibility index (Phi) is 10.9. The molecule has 3 N–H and O–H groups in total. The summed E-state index contributed by atoms with van der Waals surface area (Å²) in [7, 11) is 0. The number of H-pyrrole nitrogens is 2. The molecule has 3 fully saturated rings. The number of imidazole rings is 2. The van der Waals surface area contributed by atoms with E-state index in [9.17, 15) is 14.4 Å². The first-order chi connectivity index (χ1) is 27.7. The van der Waals surface area contributed by atoms with Gasteiger partial charge in [-0.3, -0.25) is 14.4 Å². The predicted octanol–water partition coefficient (Wildman–Crippen LogP) is 7.47. The average Bonchev–Trinajstić information content (AvgIpc) is 4.07. The Labute approximate surface area is 330 Å². The molecular formula is C44H48F2N8O3. The minimum absolute atomic E-state index is 0.0487. The SMILES string of the molecule is CC(=O)N[C@@H](C(=O)N1CCC[C@H]1c1ncc(-c2cc(F)c(N3CCC(c4cnc([C@@H]5CCCN5C(=O)[C@H](C)c5ccccc5)[nH]4)CC3)c(F)c2)[nH]1)c1ccccc1. The Bertz CT molecular complexity index is 2200. The van der Waals surface area contributed by atoms with Crippen molar-refractivity contribution < 1.29 is 23.2 Å². The Balaban J connectivity index is 0.911. The van der Waals surface area contributed by atoms with Crippen LogP contribution in [-0.2, 0) is 14.4 Å². The van der Waals surface area contributed by atoms with Crippen LogP contribution in [0.15, 0.2) is 85.2 Å². The van der Waals surface area contributed by atoms with Gasteiger partial charge in [0, 0.05) is 56.5 Å². The van der Waals surface area contributed by atoms with Crippen LogP contribution in [0.2, 0.25) is 0 Å². The molecule has 0 saturated carbocycles. The van der Waals surface area contributed by atoms with E-state index in [1.165, 1.54) is 19.1 Å². The number of rotatable bonds is 10. The molecule has 0 unspecified atom stereocenters. The van der Waals surface area contributed by atoms with Crippen molar-refractivity contribution in [3.8, 4) is 11.3 Å². The maximum atomic E-state index is 15.8. The van der Waals surface area contributed by atoms with E-state index < -0.39 is 17.7 Å². The van der Waals surface area contributed by atoms with Gasteiger partial charge in [-0.2, -0.15) is 0 Å². The van der Waals surface area contributed by atoms with Crippen LogP contribution >= 0.6 is 0 Å². The predicted molar refractivity (Wildman–Crippen MR) is 212 cm³/mol. The average molecular weight is 775 g/mol. The largest absolute Gasteiger partial charge is 0.367 e. The van der Waals surface area contributed by atoms with E-state index in [1.807, 2.05) is 78.7 Å². The number of aromatic nitrogens is 4. The summed E-state index contributed by atoms with van der Waals surface area (Å²) in [5.41, 5.74) is 3.38. The molecule has 8 rings (SSSR count). The normalized spacial score (nSPS) is 19.8. The zero-order chi connectivity index (χ0) is 39.6. The zero-order valence-electron chi connectivity index (χ0n) is 32.3. The topological polar surface area (TPSA) is 130 Å². The first kappa shape index (κ1) is 38.0. The van der Waals surface area contributed by atoms with Crippen LogP contribution in [-0.4, -0.2) is 73.6 Å². The van der Waals surface area contributed by atoms with Crippen molar-refractivity contribution in [2.45, 2.75) is 82.3 Å². The van der Waals surface area contributed by atoms with Crippen LogP contribution in [0.5, 0.6) is 0 Å². The molecule has 4 atom stereocenters. The van der Waals surface area contributed by atoms with Crippen molar-refractivity contribution in [2.75, 3.05) is 31.1 Å². The minimum Gasteiger partial charge on any atom is -0.367 e. The van der Waals surface area contributed by atoms with Crippen LogP contribution in [0.25, 0.3) is 11.3 Å². The molecule has 3 aromatic carbocycles. The van der Waals surface area contributed by atoms with Gasteiger partial charge in [0.2, 0.25) is 17.7 Å². The highest BCUT2D eigenvalue weighted by Gasteiger charge is 2.38. The summed E-state index contributed by atoms with van der Waals surface area (Å²) >= 11 is 0. The summed E-state index contributed by atoms with van der Waals surface area (Å²) in [6, 6.07) is 20.3. The summed E-state index contributed by atoms with van der Waals surface area (Å²) in [5, 5.41) is 2.79. The third-order valence-corrected chi connectivity index (χ3v) is 11.9. The van der Waals surface area contributed by atoms with Crippen molar-refractivity contribution in [3.63, 3.8) is 0 Å². The molecule has 0 radical (unpaired) electrons. The van der Waals surface area contributed by atoms with Gasteiger partial charge in [-0.05, 0) is 68.7 Å². The van der Waals surface area contributed by atoms with Crippen molar-refractivity contribution in [1.82, 2.24) is 35.1 Å². The van der Waals surface area contributed by atoms with Gasteiger partial charge in [0.1, 0.15) is 35.0 Å². The van der Waals surface area contributed by atoms with Gasteiger partial charge in [0.15, 0.2) is 0 Å². The maximum Gasteiger partial charge on any atom is 0.250 e. The van der Waals surface area contributed by atoms with E-state index >= 15 is 8.78 Å². The number of hydrogen-bond donors (Lipinski definition) is 3. The first-order valence-electron chi connectivity index (χ1n) is 20.0. The number of nitrogens with zero attached hydrogens (tertiary/aromatic N) is 5. The van der Waals surface area contributed by atoms with Crippen molar-refractivity contribution >= 4 is 23.4 Å². The quantitative estimate of drug-likeness (QED) is 0.135. The number of anilines is 1. The van der Waals surface area contributed by atoms with E-state index in [-0.39, 0.29) is 47.3 Å². The van der Waals surface area contributed by atoms with Gasteiger partial charge >= 0.3 is 0 Å². The highest BCUT2D eigenvalue weighted by Crippen LogP contribution is 2.38. The third-order valence-electron chi connectivity index (χ3n) is 11.9. The fraction of sp³-hybridized carbons (Fsp3) is 0.386. The Morgan fingerprint density at radius 3 is 1.91 bits per heavy atom. The minimum atomic E-state index is -0.842. The number of piperidine rings is 1. The van der Waals surface area contributed by atoms with Gasteiger partial charge in [-0.25, -0.2) is 18.7 Å². The number of hydrogen-bond acceptors (Lipinski definition) is 6. The van der Waals surface area contributed by atoms with Gasteiger partial charge in [-0.15, -0.1) is 0 Å². The van der Waals surface area contributed by atoms with E-state index in [0.717, 1.165) is 36.3 Å². The summed E-state index contributed by atoms with van der Waals surface area (Å²) < 4.78 is 31.6. The molecule has 3 aliphatic heterocycles. The molecule has 0 spiro atoms. The number of carbonyl (C=O) groups is 3. The Hall–Kier alpha value is -5.85. The molecule has 13 heteroatoms. The number of likely N-dealkylation sites (tertiary alicyclic amines) is 2. The summed E-state index contributed by atoms with van der Waals surface area (Å²) in [6.45, 7) is 5.47. The number of aromatic amines is 2. The van der Waals surface area contributed by atoms with Gasteiger partial charge in [-0.1, -0.05) is 60.7 Å². The van der Waals surface area contributed by atoms with Crippen LogP contribution in [0, 0.1) is 11.6 Å². The van der Waals surface area contributed by atoms with E-state index in [0.29, 0.717) is 68.1 Å². The van der Waals surface area contributed by atoms with Crippen LogP contribution in [0.1, 0.15) is 111 Å². The number of halogens is 2. The second-order valence-corrected chi connectivity index (χ2v) is 15.5. The van der Waals surface area contributed by atoms with Crippen LogP contribution in [0.4, 0.5) is 14.5 Å². The summed E-state index contributed by atoms with van der Waals surface area (Å²) in [5.74, 6) is -0.542. The van der Waals surface area contributed by atoms with Crippen molar-refractivity contribution in [2.24, 2.45) is 0 Å². The standard InChI is InChI=1S/C44H48F2N8O3/c1-27(29-11-5-3-6-12-29)43(56)53-19-9-15-37(53)41-47-25-35(50-41)30-17-21-52(22-18-30)40-33(45)23-32(24-34(40)46)36-26-48-42(51-36)38-16-10-20-54(38)44(57)39(49-28(2)55)31-13-7-4-8-14-31/h3-8,11-14,23-27,30,37-39H,9-10,15-22H2,1-2H3,(H,47,50)(H,48,51)(H,49,55)/t27-,37+,38+,39-/m1/s1. The molecule has 3 amide bonds. The number of amides is 3. The maximum absolute atomic E-state index is 15.8. The first-order valence-corrected chi connectivity index (χ1v) is 20.0. The van der Waals surface area contributed by atoms with Gasteiger partial charge in [0.05, 0.1) is 29.9 Å². The number of benzene rings is 3. The second kappa shape index (κ2) is 16.3. The fourth-order valence-electron chi connectivity index (χ4n) is 8.88. The Morgan fingerprint density at radius 1 is 0.737 bits per heavy atom. The molecule has 296 valence electrons. The molecule has 5 aromatic rings. The van der Waals surface area contributed by atoms with Crippen LogP contribution in [0.3, 0.4) is 0 Å². The van der Waals surface area contributed by atoms with Crippen molar-refractivity contribution in [3.05, 3.63) is 125 Å². The highest BCUT2D eigenvalue weighted by molar-refractivity contribution is 5.88. The van der Waals surface area contributed by atoms with E-state index in [2.05, 4.69) is 20.3 Å². The van der Waals surface area contributed by atoms with E-state index in [4.69, 9.17) is 4.98 Å². The Morgan fingerprint density at radius 2 is 1.30 bits per heavy atom. The summed E-state index contributed by atoms with van der Waals surface area (Å²) in [4.78, 5) is 60.9. The molecule has 0 bridgehead atoms. The third kappa shape index (κ3) is 7.79. The monoisotopic (exact) mass is 774 g/mol. The zero-order valence-corrected chi connectivity index (χ0v) is 32.3.